The topological polar surface area (TPSA) is 43.8 Å². The number of hydrogen-bond acceptors (Lipinski definition) is 2. The van der Waals surface area contributed by atoms with Crippen LogP contribution in [0.4, 0.5) is 0 Å². The molecule has 1 heterocycles. The molecule has 3 nitrogen and oxygen atoms in total. The third kappa shape index (κ3) is 5.13. The molecule has 0 aromatic carbocycles. The van der Waals surface area contributed by atoms with Crippen molar-refractivity contribution in [2.75, 3.05) is 0 Å². The van der Waals surface area contributed by atoms with Gasteiger partial charge in [0, 0.05) is 25.0 Å². The van der Waals surface area contributed by atoms with Crippen molar-refractivity contribution in [2.45, 2.75) is 26.4 Å². The SMILES string of the molecule is CC(C)C(N)Cn1ccnc1.Cl.Cl. The first-order chi connectivity index (χ1) is 5.20. The molecule has 2 N–H and O–H groups in total. The Balaban J connectivity index is 0. The summed E-state index contributed by atoms with van der Waals surface area (Å²) in [5.74, 6) is 0.525. The Kier molecular flexibility index (Phi) is 8.42. The number of imidazole rings is 1. The van der Waals surface area contributed by atoms with Gasteiger partial charge in [-0.25, -0.2) is 4.98 Å². The van der Waals surface area contributed by atoms with Crippen molar-refractivity contribution in [2.24, 2.45) is 11.7 Å². The predicted octanol–water partition coefficient (Wildman–Crippen LogP) is 1.71. The fourth-order valence-electron chi connectivity index (χ4n) is 0.849. The molecule has 1 unspecified atom stereocenters. The molecule has 5 heteroatoms. The first-order valence-electron chi connectivity index (χ1n) is 3.91. The molecular formula is C8H17Cl2N3. The first kappa shape index (κ1) is 15.2. The van der Waals surface area contributed by atoms with Crippen molar-refractivity contribution in [3.63, 3.8) is 0 Å². The van der Waals surface area contributed by atoms with Crippen molar-refractivity contribution in [1.82, 2.24) is 9.55 Å². The summed E-state index contributed by atoms with van der Waals surface area (Å²) >= 11 is 0. The van der Waals surface area contributed by atoms with E-state index in [9.17, 15) is 0 Å². The molecule has 0 aliphatic rings. The zero-order valence-electron chi connectivity index (χ0n) is 7.88. The summed E-state index contributed by atoms with van der Waals surface area (Å²) in [6.07, 6.45) is 5.50. The number of nitrogens with two attached hydrogens (primary N) is 1. The Hall–Kier alpha value is -0.250. The molecule has 78 valence electrons. The number of nitrogens with zero attached hydrogens (tertiary/aromatic N) is 2. The van der Waals surface area contributed by atoms with Crippen molar-refractivity contribution in [3.8, 4) is 0 Å². The fraction of sp³-hybridized carbons (Fsp3) is 0.625. The summed E-state index contributed by atoms with van der Waals surface area (Å²) in [5, 5.41) is 0. The van der Waals surface area contributed by atoms with Crippen molar-refractivity contribution < 1.29 is 0 Å². The third-order valence-corrected chi connectivity index (χ3v) is 1.84. The summed E-state index contributed by atoms with van der Waals surface area (Å²) in [4.78, 5) is 3.94. The summed E-state index contributed by atoms with van der Waals surface area (Å²) in [5.41, 5.74) is 5.86. The lowest BCUT2D eigenvalue weighted by molar-refractivity contribution is 0.433. The van der Waals surface area contributed by atoms with Crippen LogP contribution in [0, 0.1) is 5.92 Å². The maximum atomic E-state index is 5.86. The van der Waals surface area contributed by atoms with Gasteiger partial charge < -0.3 is 10.3 Å². The van der Waals surface area contributed by atoms with Crippen molar-refractivity contribution >= 4 is 24.8 Å². The molecule has 0 saturated carbocycles. The minimum Gasteiger partial charge on any atom is -0.336 e. The van der Waals surface area contributed by atoms with E-state index in [1.54, 1.807) is 12.5 Å². The van der Waals surface area contributed by atoms with Crippen LogP contribution in [-0.4, -0.2) is 15.6 Å². The normalized spacial score (nSPS) is 11.7. The minimum atomic E-state index is 0. The van der Waals surface area contributed by atoms with E-state index in [1.165, 1.54) is 0 Å². The van der Waals surface area contributed by atoms with Crippen LogP contribution < -0.4 is 5.73 Å². The molecule has 0 aliphatic carbocycles. The minimum absolute atomic E-state index is 0. The lowest BCUT2D eigenvalue weighted by Crippen LogP contribution is -2.30. The van der Waals surface area contributed by atoms with Gasteiger partial charge in [-0.05, 0) is 5.92 Å². The number of halogens is 2. The molecule has 0 aliphatic heterocycles. The number of aromatic nitrogens is 2. The quantitative estimate of drug-likeness (QED) is 0.852. The van der Waals surface area contributed by atoms with Crippen LogP contribution in [-0.2, 0) is 6.54 Å². The average Bonchev–Trinajstić information content (AvgIpc) is 2.39. The lowest BCUT2D eigenvalue weighted by atomic mass is 10.1. The van der Waals surface area contributed by atoms with E-state index in [0.717, 1.165) is 6.54 Å². The zero-order valence-corrected chi connectivity index (χ0v) is 9.52. The highest BCUT2D eigenvalue weighted by molar-refractivity contribution is 5.85. The molecule has 0 amide bonds. The second kappa shape index (κ2) is 7.18. The molecule has 0 saturated heterocycles. The summed E-state index contributed by atoms with van der Waals surface area (Å²) in [6, 6.07) is 0.226. The smallest absolute Gasteiger partial charge is 0.0946 e. The first-order valence-corrected chi connectivity index (χ1v) is 3.91. The Morgan fingerprint density at radius 2 is 2.00 bits per heavy atom. The van der Waals surface area contributed by atoms with Crippen LogP contribution in [0.1, 0.15) is 13.8 Å². The summed E-state index contributed by atoms with van der Waals surface area (Å²) < 4.78 is 2.00. The van der Waals surface area contributed by atoms with E-state index in [0.29, 0.717) is 5.92 Å². The molecule has 1 aromatic rings. The lowest BCUT2D eigenvalue weighted by Gasteiger charge is -2.15. The van der Waals surface area contributed by atoms with E-state index in [-0.39, 0.29) is 30.9 Å². The van der Waals surface area contributed by atoms with Gasteiger partial charge in [-0.3, -0.25) is 0 Å². The summed E-state index contributed by atoms with van der Waals surface area (Å²) in [6.45, 7) is 5.11. The average molecular weight is 226 g/mol. The Labute approximate surface area is 91.5 Å². The van der Waals surface area contributed by atoms with Gasteiger partial charge in [0.15, 0.2) is 0 Å². The Morgan fingerprint density at radius 1 is 1.38 bits per heavy atom. The van der Waals surface area contributed by atoms with Crippen LogP contribution in [0.3, 0.4) is 0 Å². The van der Waals surface area contributed by atoms with Gasteiger partial charge in [0.25, 0.3) is 0 Å². The molecule has 0 bridgehead atoms. The van der Waals surface area contributed by atoms with Gasteiger partial charge in [0.1, 0.15) is 0 Å². The monoisotopic (exact) mass is 225 g/mol. The Morgan fingerprint density at radius 3 is 2.38 bits per heavy atom. The zero-order chi connectivity index (χ0) is 8.27. The van der Waals surface area contributed by atoms with Gasteiger partial charge >= 0.3 is 0 Å². The molecule has 0 radical (unpaired) electrons. The highest BCUT2D eigenvalue weighted by Crippen LogP contribution is 2.00. The second-order valence-electron chi connectivity index (χ2n) is 3.17. The van der Waals surface area contributed by atoms with E-state index in [1.807, 2.05) is 10.8 Å². The second-order valence-corrected chi connectivity index (χ2v) is 3.17. The maximum absolute atomic E-state index is 5.86. The molecular weight excluding hydrogens is 209 g/mol. The molecule has 0 fully saturated rings. The fourth-order valence-corrected chi connectivity index (χ4v) is 0.849. The molecule has 1 rings (SSSR count). The van der Waals surface area contributed by atoms with E-state index in [2.05, 4.69) is 18.8 Å². The highest BCUT2D eigenvalue weighted by atomic mass is 35.5. The van der Waals surface area contributed by atoms with Gasteiger partial charge in [-0.2, -0.15) is 0 Å². The number of rotatable bonds is 3. The standard InChI is InChI=1S/C8H15N3.2ClH/c1-7(2)8(9)5-11-4-3-10-6-11;;/h3-4,6-8H,5,9H2,1-2H3;2*1H. The molecule has 0 spiro atoms. The Bertz CT molecular complexity index is 199. The highest BCUT2D eigenvalue weighted by Gasteiger charge is 2.06. The van der Waals surface area contributed by atoms with E-state index >= 15 is 0 Å². The van der Waals surface area contributed by atoms with E-state index in [4.69, 9.17) is 5.73 Å². The van der Waals surface area contributed by atoms with Crippen LogP contribution in [0.15, 0.2) is 18.7 Å². The van der Waals surface area contributed by atoms with Gasteiger partial charge in [-0.15, -0.1) is 24.8 Å². The van der Waals surface area contributed by atoms with Gasteiger partial charge in [0.2, 0.25) is 0 Å². The summed E-state index contributed by atoms with van der Waals surface area (Å²) in [7, 11) is 0. The molecule has 1 aromatic heterocycles. The van der Waals surface area contributed by atoms with Crippen LogP contribution in [0.2, 0.25) is 0 Å². The van der Waals surface area contributed by atoms with Crippen LogP contribution in [0.5, 0.6) is 0 Å². The van der Waals surface area contributed by atoms with Gasteiger partial charge in [-0.1, -0.05) is 13.8 Å². The van der Waals surface area contributed by atoms with Crippen LogP contribution in [0.25, 0.3) is 0 Å². The molecule has 13 heavy (non-hydrogen) atoms. The van der Waals surface area contributed by atoms with Crippen molar-refractivity contribution in [3.05, 3.63) is 18.7 Å². The van der Waals surface area contributed by atoms with Crippen LogP contribution >= 0.6 is 24.8 Å². The predicted molar refractivity (Wildman–Crippen MR) is 59.5 cm³/mol. The largest absolute Gasteiger partial charge is 0.336 e. The third-order valence-electron chi connectivity index (χ3n) is 1.84. The number of hydrogen-bond donors (Lipinski definition) is 1. The maximum Gasteiger partial charge on any atom is 0.0946 e. The molecule has 1 atom stereocenters. The van der Waals surface area contributed by atoms with Crippen molar-refractivity contribution in [1.29, 1.82) is 0 Å². The van der Waals surface area contributed by atoms with Gasteiger partial charge in [0.05, 0.1) is 6.33 Å². The van der Waals surface area contributed by atoms with E-state index < -0.39 is 0 Å².